The molecular formula is C13H15N3O3. The Bertz CT molecular complexity index is 516. The average molecular weight is 261 g/mol. The Kier molecular flexibility index (Phi) is 3.67. The molecule has 19 heavy (non-hydrogen) atoms. The van der Waals surface area contributed by atoms with Gasteiger partial charge in [0.15, 0.2) is 5.60 Å². The molecule has 1 N–H and O–H groups in total. The Labute approximate surface area is 111 Å². The highest BCUT2D eigenvalue weighted by Crippen LogP contribution is 2.29. The summed E-state index contributed by atoms with van der Waals surface area (Å²) >= 11 is 0. The van der Waals surface area contributed by atoms with Crippen molar-refractivity contribution in [2.45, 2.75) is 18.4 Å². The summed E-state index contributed by atoms with van der Waals surface area (Å²) in [6.07, 6.45) is 2.38. The Hall–Kier alpha value is -2.13. The van der Waals surface area contributed by atoms with Crippen LogP contribution in [-0.2, 0) is 9.53 Å². The zero-order valence-corrected chi connectivity index (χ0v) is 10.7. The maximum absolute atomic E-state index is 11.3. The minimum atomic E-state index is -1.11. The summed E-state index contributed by atoms with van der Waals surface area (Å²) in [6, 6.07) is 5.52. The van der Waals surface area contributed by atoms with E-state index in [1.165, 1.54) is 7.11 Å². The molecule has 6 nitrogen and oxygen atoms in total. The van der Waals surface area contributed by atoms with Crippen molar-refractivity contribution in [3.05, 3.63) is 23.9 Å². The molecule has 6 heteroatoms. The minimum Gasteiger partial charge on any atom is -0.479 e. The first-order valence-electron chi connectivity index (χ1n) is 6.01. The van der Waals surface area contributed by atoms with Gasteiger partial charge in [0.1, 0.15) is 11.9 Å². The van der Waals surface area contributed by atoms with Gasteiger partial charge < -0.3 is 14.7 Å². The van der Waals surface area contributed by atoms with E-state index in [1.807, 2.05) is 4.90 Å². The van der Waals surface area contributed by atoms with Gasteiger partial charge in [-0.05, 0) is 12.1 Å². The van der Waals surface area contributed by atoms with Crippen LogP contribution in [0.25, 0.3) is 0 Å². The fourth-order valence-electron chi connectivity index (χ4n) is 2.32. The molecule has 0 radical (unpaired) electrons. The second-order valence-electron chi connectivity index (χ2n) is 4.48. The molecule has 0 saturated carbocycles. The molecule has 1 aromatic heterocycles. The van der Waals surface area contributed by atoms with Crippen molar-refractivity contribution in [2.24, 2.45) is 0 Å². The molecule has 1 aliphatic heterocycles. The highest BCUT2D eigenvalue weighted by molar-refractivity contribution is 5.78. The summed E-state index contributed by atoms with van der Waals surface area (Å²) in [6.45, 7) is 1.01. The van der Waals surface area contributed by atoms with Gasteiger partial charge in [0.05, 0.1) is 5.56 Å². The van der Waals surface area contributed by atoms with E-state index < -0.39 is 11.6 Å². The number of carboxylic acid groups (broad SMARTS) is 1. The lowest BCUT2D eigenvalue weighted by Crippen LogP contribution is -2.51. The van der Waals surface area contributed by atoms with Crippen molar-refractivity contribution in [1.82, 2.24) is 4.98 Å². The van der Waals surface area contributed by atoms with Crippen LogP contribution in [0.2, 0.25) is 0 Å². The molecule has 2 rings (SSSR count). The Morgan fingerprint density at radius 3 is 2.79 bits per heavy atom. The van der Waals surface area contributed by atoms with Crippen molar-refractivity contribution in [2.75, 3.05) is 25.1 Å². The largest absolute Gasteiger partial charge is 0.479 e. The van der Waals surface area contributed by atoms with Gasteiger partial charge in [-0.3, -0.25) is 0 Å². The molecule has 1 aliphatic rings. The molecule has 1 aromatic rings. The van der Waals surface area contributed by atoms with E-state index in [-0.39, 0.29) is 0 Å². The molecular weight excluding hydrogens is 246 g/mol. The Balaban J connectivity index is 2.16. The van der Waals surface area contributed by atoms with E-state index in [0.717, 1.165) is 0 Å². The van der Waals surface area contributed by atoms with E-state index in [2.05, 4.69) is 11.1 Å². The van der Waals surface area contributed by atoms with E-state index in [9.17, 15) is 9.90 Å². The minimum absolute atomic E-state index is 0.375. The van der Waals surface area contributed by atoms with Gasteiger partial charge in [0.25, 0.3) is 0 Å². The van der Waals surface area contributed by atoms with E-state index >= 15 is 0 Å². The smallest absolute Gasteiger partial charge is 0.336 e. The van der Waals surface area contributed by atoms with Crippen molar-refractivity contribution in [1.29, 1.82) is 5.26 Å². The molecule has 0 unspecified atom stereocenters. The number of carbonyl (C=O) groups is 1. The lowest BCUT2D eigenvalue weighted by atomic mass is 9.91. The predicted octanol–water partition coefficient (Wildman–Crippen LogP) is 1.02. The number of methoxy groups -OCH3 is 1. The highest BCUT2D eigenvalue weighted by atomic mass is 16.5. The van der Waals surface area contributed by atoms with Crippen LogP contribution in [-0.4, -0.2) is 41.9 Å². The lowest BCUT2D eigenvalue weighted by molar-refractivity contribution is -0.164. The number of nitriles is 1. The zero-order chi connectivity index (χ0) is 13.9. The van der Waals surface area contributed by atoms with Crippen LogP contribution >= 0.6 is 0 Å². The third-order valence-corrected chi connectivity index (χ3v) is 3.56. The second-order valence-corrected chi connectivity index (χ2v) is 4.48. The summed E-state index contributed by atoms with van der Waals surface area (Å²) in [5.74, 6) is -0.323. The summed E-state index contributed by atoms with van der Waals surface area (Å²) in [4.78, 5) is 17.4. The third-order valence-electron chi connectivity index (χ3n) is 3.56. The number of pyridine rings is 1. The highest BCUT2D eigenvalue weighted by Gasteiger charge is 2.42. The molecule has 0 aromatic carbocycles. The first kappa shape index (κ1) is 13.3. The number of piperidine rings is 1. The number of anilines is 1. The van der Waals surface area contributed by atoms with E-state index in [1.54, 1.807) is 18.3 Å². The predicted molar refractivity (Wildman–Crippen MR) is 67.8 cm³/mol. The maximum Gasteiger partial charge on any atom is 0.336 e. The molecule has 0 spiro atoms. The fourth-order valence-corrected chi connectivity index (χ4v) is 2.32. The topological polar surface area (TPSA) is 86.5 Å². The Morgan fingerprint density at radius 1 is 1.58 bits per heavy atom. The Morgan fingerprint density at radius 2 is 2.26 bits per heavy atom. The normalized spacial score (nSPS) is 17.8. The molecule has 0 bridgehead atoms. The van der Waals surface area contributed by atoms with Crippen molar-refractivity contribution < 1.29 is 14.6 Å². The van der Waals surface area contributed by atoms with Crippen LogP contribution in [0.1, 0.15) is 18.4 Å². The van der Waals surface area contributed by atoms with Gasteiger partial charge in [-0.1, -0.05) is 0 Å². The number of aromatic nitrogens is 1. The average Bonchev–Trinajstić information content (AvgIpc) is 2.47. The summed E-state index contributed by atoms with van der Waals surface area (Å²) in [5, 5.41) is 18.3. The number of ether oxygens (including phenoxy) is 1. The molecule has 0 aliphatic carbocycles. The van der Waals surface area contributed by atoms with Crippen molar-refractivity contribution in [3.63, 3.8) is 0 Å². The number of hydrogen-bond donors (Lipinski definition) is 1. The lowest BCUT2D eigenvalue weighted by Gasteiger charge is -2.38. The fraction of sp³-hybridized carbons (Fsp3) is 0.462. The van der Waals surface area contributed by atoms with Crippen LogP contribution in [0.5, 0.6) is 0 Å². The SMILES string of the molecule is COC1(C(=O)O)CCN(c2ncccc2C#N)CC1. The first-order chi connectivity index (χ1) is 9.13. The third kappa shape index (κ3) is 2.37. The van der Waals surface area contributed by atoms with Gasteiger partial charge >= 0.3 is 5.97 Å². The monoisotopic (exact) mass is 261 g/mol. The van der Waals surface area contributed by atoms with E-state index in [0.29, 0.717) is 37.3 Å². The summed E-state index contributed by atoms with van der Waals surface area (Å²) in [5.41, 5.74) is -0.610. The molecule has 0 atom stereocenters. The van der Waals surface area contributed by atoms with Gasteiger partial charge in [0.2, 0.25) is 0 Å². The van der Waals surface area contributed by atoms with Gasteiger partial charge in [0, 0.05) is 39.2 Å². The summed E-state index contributed by atoms with van der Waals surface area (Å²) in [7, 11) is 1.42. The van der Waals surface area contributed by atoms with Gasteiger partial charge in [-0.2, -0.15) is 5.26 Å². The number of hydrogen-bond acceptors (Lipinski definition) is 5. The molecule has 100 valence electrons. The first-order valence-corrected chi connectivity index (χ1v) is 6.01. The van der Waals surface area contributed by atoms with Crippen LogP contribution in [0.4, 0.5) is 5.82 Å². The molecule has 2 heterocycles. The second kappa shape index (κ2) is 5.24. The zero-order valence-electron chi connectivity index (χ0n) is 10.7. The van der Waals surface area contributed by atoms with Crippen LogP contribution in [0.15, 0.2) is 18.3 Å². The molecule has 1 fully saturated rings. The van der Waals surface area contributed by atoms with Crippen molar-refractivity contribution in [3.8, 4) is 6.07 Å². The standard InChI is InChI=1S/C13H15N3O3/c1-19-13(12(17)18)4-7-16(8-5-13)11-10(9-14)3-2-6-15-11/h2-3,6H,4-5,7-8H2,1H3,(H,17,18). The summed E-state index contributed by atoms with van der Waals surface area (Å²) < 4.78 is 5.17. The number of carboxylic acids is 1. The quantitative estimate of drug-likeness (QED) is 0.874. The maximum atomic E-state index is 11.3. The van der Waals surface area contributed by atoms with Crippen LogP contribution < -0.4 is 4.90 Å². The van der Waals surface area contributed by atoms with Gasteiger partial charge in [-0.15, -0.1) is 0 Å². The van der Waals surface area contributed by atoms with Crippen LogP contribution in [0, 0.1) is 11.3 Å². The van der Waals surface area contributed by atoms with E-state index in [4.69, 9.17) is 10.00 Å². The van der Waals surface area contributed by atoms with Crippen LogP contribution in [0.3, 0.4) is 0 Å². The number of nitrogens with zero attached hydrogens (tertiary/aromatic N) is 3. The molecule has 1 saturated heterocycles. The molecule has 0 amide bonds. The van der Waals surface area contributed by atoms with Crippen molar-refractivity contribution >= 4 is 11.8 Å². The number of rotatable bonds is 3. The van der Waals surface area contributed by atoms with Gasteiger partial charge in [-0.25, -0.2) is 9.78 Å². The number of aliphatic carboxylic acids is 1.